The zero-order valence-corrected chi connectivity index (χ0v) is 12.0. The molecule has 0 aromatic heterocycles. The predicted molar refractivity (Wildman–Crippen MR) is 80.3 cm³/mol. The number of hydrogen-bond acceptors (Lipinski definition) is 2. The molecule has 1 saturated carbocycles. The maximum atomic E-state index is 12.3. The van der Waals surface area contributed by atoms with E-state index in [9.17, 15) is 4.79 Å². The van der Waals surface area contributed by atoms with Crippen molar-refractivity contribution in [2.75, 3.05) is 6.54 Å². The first-order chi connectivity index (χ1) is 9.72. The monoisotopic (exact) mass is 272 g/mol. The maximum absolute atomic E-state index is 12.3. The molecule has 20 heavy (non-hydrogen) atoms. The van der Waals surface area contributed by atoms with Crippen LogP contribution < -0.4 is 11.1 Å². The fourth-order valence-corrected chi connectivity index (χ4v) is 3.53. The Balaban J connectivity index is 1.47. The van der Waals surface area contributed by atoms with Crippen molar-refractivity contribution < 1.29 is 4.79 Å². The normalized spacial score (nSPS) is 26.2. The van der Waals surface area contributed by atoms with E-state index in [-0.39, 0.29) is 11.8 Å². The standard InChI is InChI=1S/C17H24N2O/c18-16-7-5-12(6-8-16)11-19-17(20)15-9-13-3-1-2-4-14(13)10-15/h1-4,12,15-16H,5-11,18H2,(H,19,20). The molecule has 1 aromatic rings. The van der Waals surface area contributed by atoms with Crippen molar-refractivity contribution in [3.05, 3.63) is 35.4 Å². The Kier molecular flexibility index (Phi) is 4.06. The van der Waals surface area contributed by atoms with Gasteiger partial charge in [0.05, 0.1) is 0 Å². The van der Waals surface area contributed by atoms with Crippen molar-refractivity contribution in [2.45, 2.75) is 44.6 Å². The molecule has 0 aliphatic heterocycles. The molecule has 0 radical (unpaired) electrons. The molecule has 108 valence electrons. The lowest BCUT2D eigenvalue weighted by Gasteiger charge is -2.26. The predicted octanol–water partition coefficient (Wildman–Crippen LogP) is 2.04. The summed E-state index contributed by atoms with van der Waals surface area (Å²) in [6.07, 6.45) is 6.33. The van der Waals surface area contributed by atoms with Crippen molar-refractivity contribution >= 4 is 5.91 Å². The molecule has 3 nitrogen and oxygen atoms in total. The summed E-state index contributed by atoms with van der Waals surface area (Å²) in [7, 11) is 0. The van der Waals surface area contributed by atoms with Crippen LogP contribution in [-0.2, 0) is 17.6 Å². The van der Waals surface area contributed by atoms with Crippen LogP contribution in [0.1, 0.15) is 36.8 Å². The molecule has 0 saturated heterocycles. The molecule has 3 heteroatoms. The molecule has 2 aliphatic rings. The number of carbonyl (C=O) groups is 1. The highest BCUT2D eigenvalue weighted by atomic mass is 16.1. The van der Waals surface area contributed by atoms with Gasteiger partial charge < -0.3 is 11.1 Å². The zero-order valence-electron chi connectivity index (χ0n) is 12.0. The molecule has 2 aliphatic carbocycles. The third-order valence-electron chi connectivity index (χ3n) is 4.88. The summed E-state index contributed by atoms with van der Waals surface area (Å²) in [5, 5.41) is 3.16. The molecule has 1 aromatic carbocycles. The molecule has 3 N–H and O–H groups in total. The third-order valence-corrected chi connectivity index (χ3v) is 4.88. The second-order valence-electron chi connectivity index (χ2n) is 6.40. The van der Waals surface area contributed by atoms with Crippen LogP contribution in [0.15, 0.2) is 24.3 Å². The van der Waals surface area contributed by atoms with Gasteiger partial charge in [-0.2, -0.15) is 0 Å². The van der Waals surface area contributed by atoms with Gasteiger partial charge in [-0.3, -0.25) is 4.79 Å². The Hall–Kier alpha value is -1.35. The Morgan fingerprint density at radius 1 is 1.10 bits per heavy atom. The van der Waals surface area contributed by atoms with Crippen LogP contribution in [0.4, 0.5) is 0 Å². The number of fused-ring (bicyclic) bond motifs is 1. The fourth-order valence-electron chi connectivity index (χ4n) is 3.53. The highest BCUT2D eigenvalue weighted by molar-refractivity contribution is 5.80. The quantitative estimate of drug-likeness (QED) is 0.884. The number of rotatable bonds is 3. The minimum atomic E-state index is 0.137. The summed E-state index contributed by atoms with van der Waals surface area (Å²) in [4.78, 5) is 12.3. The van der Waals surface area contributed by atoms with Gasteiger partial charge in [0.25, 0.3) is 0 Å². The van der Waals surface area contributed by atoms with E-state index in [1.807, 2.05) is 0 Å². The molecule has 3 rings (SSSR count). The molecule has 1 amide bonds. The lowest BCUT2D eigenvalue weighted by atomic mass is 9.86. The number of carbonyl (C=O) groups excluding carboxylic acids is 1. The molecule has 1 fully saturated rings. The van der Waals surface area contributed by atoms with Gasteiger partial charge >= 0.3 is 0 Å². The number of nitrogens with one attached hydrogen (secondary N) is 1. The Bertz CT molecular complexity index is 453. The number of hydrogen-bond donors (Lipinski definition) is 2. The second kappa shape index (κ2) is 5.96. The summed E-state index contributed by atoms with van der Waals surface area (Å²) in [5.41, 5.74) is 8.60. The maximum Gasteiger partial charge on any atom is 0.223 e. The van der Waals surface area contributed by atoms with Gasteiger partial charge in [-0.15, -0.1) is 0 Å². The van der Waals surface area contributed by atoms with Gasteiger partial charge in [-0.25, -0.2) is 0 Å². The van der Waals surface area contributed by atoms with Gasteiger partial charge in [-0.05, 0) is 55.6 Å². The average molecular weight is 272 g/mol. The summed E-state index contributed by atoms with van der Waals surface area (Å²) in [6, 6.07) is 8.79. The van der Waals surface area contributed by atoms with Gasteiger partial charge in [-0.1, -0.05) is 24.3 Å². The smallest absolute Gasteiger partial charge is 0.223 e. The number of benzene rings is 1. The van der Waals surface area contributed by atoms with Crippen LogP contribution >= 0.6 is 0 Å². The number of amides is 1. The van der Waals surface area contributed by atoms with Gasteiger partial charge in [0.1, 0.15) is 0 Å². The van der Waals surface area contributed by atoms with Crippen LogP contribution in [0.2, 0.25) is 0 Å². The lowest BCUT2D eigenvalue weighted by molar-refractivity contribution is -0.124. The van der Waals surface area contributed by atoms with E-state index >= 15 is 0 Å². The van der Waals surface area contributed by atoms with Crippen LogP contribution in [0, 0.1) is 11.8 Å². The molecule has 0 atom stereocenters. The lowest BCUT2D eigenvalue weighted by Crippen LogP contribution is -2.37. The number of nitrogens with two attached hydrogens (primary N) is 1. The van der Waals surface area contributed by atoms with Crippen LogP contribution in [0.3, 0.4) is 0 Å². The molecule has 0 heterocycles. The second-order valence-corrected chi connectivity index (χ2v) is 6.40. The van der Waals surface area contributed by atoms with Crippen molar-refractivity contribution in [2.24, 2.45) is 17.6 Å². The first-order valence-electron chi connectivity index (χ1n) is 7.82. The van der Waals surface area contributed by atoms with E-state index in [4.69, 9.17) is 5.73 Å². The molecular weight excluding hydrogens is 248 g/mol. The average Bonchev–Trinajstić information content (AvgIpc) is 2.90. The minimum absolute atomic E-state index is 0.137. The topological polar surface area (TPSA) is 55.1 Å². The minimum Gasteiger partial charge on any atom is -0.356 e. The first kappa shape index (κ1) is 13.6. The van der Waals surface area contributed by atoms with Crippen LogP contribution in [0.5, 0.6) is 0 Å². The van der Waals surface area contributed by atoms with E-state index in [0.717, 1.165) is 45.1 Å². The fraction of sp³-hybridized carbons (Fsp3) is 0.588. The van der Waals surface area contributed by atoms with E-state index in [0.29, 0.717) is 12.0 Å². The van der Waals surface area contributed by atoms with E-state index < -0.39 is 0 Å². The van der Waals surface area contributed by atoms with E-state index in [1.165, 1.54) is 11.1 Å². The van der Waals surface area contributed by atoms with Crippen molar-refractivity contribution in [3.8, 4) is 0 Å². The van der Waals surface area contributed by atoms with Gasteiger partial charge in [0.15, 0.2) is 0 Å². The highest BCUT2D eigenvalue weighted by Gasteiger charge is 2.27. The first-order valence-corrected chi connectivity index (χ1v) is 7.82. The van der Waals surface area contributed by atoms with Crippen molar-refractivity contribution in [1.29, 1.82) is 0 Å². The Labute approximate surface area is 120 Å². The highest BCUT2D eigenvalue weighted by Crippen LogP contribution is 2.27. The summed E-state index contributed by atoms with van der Waals surface area (Å²) in [5.74, 6) is 0.997. The summed E-state index contributed by atoms with van der Waals surface area (Å²) >= 11 is 0. The van der Waals surface area contributed by atoms with Crippen LogP contribution in [-0.4, -0.2) is 18.5 Å². The Morgan fingerprint density at radius 2 is 1.70 bits per heavy atom. The molecule has 0 unspecified atom stereocenters. The van der Waals surface area contributed by atoms with Gasteiger partial charge in [0, 0.05) is 18.5 Å². The van der Waals surface area contributed by atoms with Gasteiger partial charge in [0.2, 0.25) is 5.91 Å². The zero-order chi connectivity index (χ0) is 13.9. The van der Waals surface area contributed by atoms with Crippen LogP contribution in [0.25, 0.3) is 0 Å². The van der Waals surface area contributed by atoms with Crippen molar-refractivity contribution in [1.82, 2.24) is 5.32 Å². The third kappa shape index (κ3) is 3.04. The Morgan fingerprint density at radius 3 is 2.30 bits per heavy atom. The SMILES string of the molecule is NC1CCC(CNC(=O)C2Cc3ccccc3C2)CC1. The molecule has 0 spiro atoms. The molecular formula is C17H24N2O. The van der Waals surface area contributed by atoms with Crippen molar-refractivity contribution in [3.63, 3.8) is 0 Å². The van der Waals surface area contributed by atoms with E-state index in [1.54, 1.807) is 0 Å². The summed E-state index contributed by atoms with van der Waals surface area (Å²) < 4.78 is 0. The summed E-state index contributed by atoms with van der Waals surface area (Å²) in [6.45, 7) is 0.832. The largest absolute Gasteiger partial charge is 0.356 e. The van der Waals surface area contributed by atoms with E-state index in [2.05, 4.69) is 29.6 Å². The molecule has 0 bridgehead atoms.